The van der Waals surface area contributed by atoms with E-state index in [-0.39, 0.29) is 5.91 Å². The molecule has 0 bridgehead atoms. The van der Waals surface area contributed by atoms with Gasteiger partial charge >= 0.3 is 0 Å². The Hall–Kier alpha value is -3.11. The normalized spacial score (nSPS) is 12.1. The summed E-state index contributed by atoms with van der Waals surface area (Å²) in [5.74, 6) is 1.62. The van der Waals surface area contributed by atoms with Crippen LogP contribution in [-0.2, 0) is 11.3 Å². The van der Waals surface area contributed by atoms with Crippen LogP contribution in [-0.4, -0.2) is 38.0 Å². The number of amides is 1. The molecule has 10 heteroatoms. The van der Waals surface area contributed by atoms with Crippen molar-refractivity contribution in [1.29, 1.82) is 0 Å². The molecule has 0 saturated heterocycles. The molecule has 1 amide bonds. The van der Waals surface area contributed by atoms with Gasteiger partial charge in [0, 0.05) is 17.3 Å². The van der Waals surface area contributed by atoms with Crippen LogP contribution in [0.25, 0.3) is 22.6 Å². The first-order valence-electron chi connectivity index (χ1n) is 9.50. The number of methoxy groups -OCH3 is 1. The predicted octanol–water partition coefficient (Wildman–Crippen LogP) is 4.77. The number of para-hydroxylation sites is 1. The van der Waals surface area contributed by atoms with E-state index in [0.29, 0.717) is 39.7 Å². The third kappa shape index (κ3) is 4.35. The summed E-state index contributed by atoms with van der Waals surface area (Å²) in [7, 11) is 1.60. The summed E-state index contributed by atoms with van der Waals surface area (Å²) in [4.78, 5) is 16.9. The van der Waals surface area contributed by atoms with Gasteiger partial charge in [0.15, 0.2) is 27.4 Å². The molecule has 0 saturated carbocycles. The highest BCUT2D eigenvalue weighted by molar-refractivity contribution is 8.00. The molecule has 160 valence electrons. The molecule has 4 aromatic rings. The molecule has 3 heterocycles. The Bertz CT molecular complexity index is 1240. The number of fused-ring (bicyclic) bond motifs is 1. The fraction of sp³-hybridized carbons (Fsp3) is 0.238. The Morgan fingerprint density at radius 1 is 1.45 bits per heavy atom. The highest BCUT2D eigenvalue weighted by Gasteiger charge is 2.23. The maximum absolute atomic E-state index is 12.6. The molecule has 0 aliphatic heterocycles. The Morgan fingerprint density at radius 3 is 3.00 bits per heavy atom. The summed E-state index contributed by atoms with van der Waals surface area (Å²) < 4.78 is 13.3. The molecule has 1 N–H and O–H groups in total. The van der Waals surface area contributed by atoms with Crippen molar-refractivity contribution in [3.8, 4) is 17.3 Å². The van der Waals surface area contributed by atoms with Crippen LogP contribution < -0.4 is 10.1 Å². The molecule has 0 radical (unpaired) electrons. The average Bonchev–Trinajstić information content (AvgIpc) is 3.46. The molecule has 0 aliphatic rings. The fourth-order valence-electron chi connectivity index (χ4n) is 2.99. The molecular formula is C21H21N5O3S2. The summed E-state index contributed by atoms with van der Waals surface area (Å²) in [5, 5.41) is 15.0. The number of thioether (sulfide) groups is 1. The number of thiazole rings is 1. The average molecular weight is 456 g/mol. The molecule has 4 rings (SSSR count). The molecular weight excluding hydrogens is 434 g/mol. The van der Waals surface area contributed by atoms with Gasteiger partial charge in [-0.25, -0.2) is 4.98 Å². The fourth-order valence-corrected chi connectivity index (χ4v) is 4.54. The number of carbonyl (C=O) groups is 1. The minimum atomic E-state index is -0.402. The number of furan rings is 1. The summed E-state index contributed by atoms with van der Waals surface area (Å²) in [6, 6.07) is 7.59. The second-order valence-corrected chi connectivity index (χ2v) is 8.90. The van der Waals surface area contributed by atoms with Crippen LogP contribution in [0.15, 0.2) is 51.9 Å². The van der Waals surface area contributed by atoms with Gasteiger partial charge in [-0.05, 0) is 26.0 Å². The number of carbonyl (C=O) groups excluding carboxylic acids is 1. The minimum Gasteiger partial charge on any atom is -0.493 e. The minimum absolute atomic E-state index is 0.150. The predicted molar refractivity (Wildman–Crippen MR) is 123 cm³/mol. The van der Waals surface area contributed by atoms with E-state index in [4.69, 9.17) is 9.15 Å². The quantitative estimate of drug-likeness (QED) is 0.302. The van der Waals surface area contributed by atoms with E-state index in [9.17, 15) is 4.79 Å². The van der Waals surface area contributed by atoms with Crippen molar-refractivity contribution in [3.05, 3.63) is 48.0 Å². The van der Waals surface area contributed by atoms with E-state index >= 15 is 0 Å². The number of benzene rings is 1. The highest BCUT2D eigenvalue weighted by Crippen LogP contribution is 2.34. The van der Waals surface area contributed by atoms with Crippen LogP contribution in [0.1, 0.15) is 12.6 Å². The number of hydrogen-bond donors (Lipinski definition) is 1. The summed E-state index contributed by atoms with van der Waals surface area (Å²) in [6.07, 6.45) is 1.75. The Morgan fingerprint density at radius 2 is 2.29 bits per heavy atom. The summed E-state index contributed by atoms with van der Waals surface area (Å²) >= 11 is 2.71. The van der Waals surface area contributed by atoms with Gasteiger partial charge in [-0.15, -0.1) is 28.1 Å². The number of nitrogens with one attached hydrogen (secondary N) is 1. The van der Waals surface area contributed by atoms with Gasteiger partial charge in [0.1, 0.15) is 0 Å². The zero-order chi connectivity index (χ0) is 22.0. The first kappa shape index (κ1) is 21.1. The highest BCUT2D eigenvalue weighted by atomic mass is 32.2. The van der Waals surface area contributed by atoms with Crippen molar-refractivity contribution < 1.29 is 13.9 Å². The molecule has 0 unspecified atom stereocenters. The molecule has 8 nitrogen and oxygen atoms in total. The van der Waals surface area contributed by atoms with Crippen LogP contribution in [0.4, 0.5) is 5.13 Å². The lowest BCUT2D eigenvalue weighted by molar-refractivity contribution is -0.115. The van der Waals surface area contributed by atoms with E-state index in [1.165, 1.54) is 23.1 Å². The van der Waals surface area contributed by atoms with Crippen LogP contribution in [0.2, 0.25) is 0 Å². The standard InChI is InChI=1S/C21H21N5O3S2/c1-5-9-26-18(16-10-14-7-6-8-15(28-4)17(14)29-16)24-25-21(26)31-13(3)19(27)23-20-22-12(2)11-30-20/h5-8,10-11,13H,1,9H2,2-4H3,(H,22,23,27)/t13-/m0/s1. The van der Waals surface area contributed by atoms with E-state index < -0.39 is 5.25 Å². The van der Waals surface area contributed by atoms with Crippen molar-refractivity contribution in [2.45, 2.75) is 30.8 Å². The lowest BCUT2D eigenvalue weighted by atomic mass is 10.2. The van der Waals surface area contributed by atoms with Crippen molar-refractivity contribution in [1.82, 2.24) is 19.7 Å². The molecule has 31 heavy (non-hydrogen) atoms. The zero-order valence-electron chi connectivity index (χ0n) is 17.3. The van der Waals surface area contributed by atoms with Crippen molar-refractivity contribution in [2.75, 3.05) is 12.4 Å². The third-order valence-electron chi connectivity index (χ3n) is 4.48. The number of aromatic nitrogens is 4. The molecule has 1 atom stereocenters. The van der Waals surface area contributed by atoms with E-state index in [1.54, 1.807) is 13.2 Å². The van der Waals surface area contributed by atoms with Crippen LogP contribution >= 0.6 is 23.1 Å². The smallest absolute Gasteiger partial charge is 0.239 e. The number of ether oxygens (including phenoxy) is 1. The van der Waals surface area contributed by atoms with Gasteiger partial charge in [-0.1, -0.05) is 30.0 Å². The summed E-state index contributed by atoms with van der Waals surface area (Å²) in [5.41, 5.74) is 1.52. The first-order chi connectivity index (χ1) is 15.0. The maximum Gasteiger partial charge on any atom is 0.239 e. The number of nitrogens with zero attached hydrogens (tertiary/aromatic N) is 4. The number of allylic oxidation sites excluding steroid dienone is 1. The van der Waals surface area contributed by atoms with Crippen LogP contribution in [0, 0.1) is 6.92 Å². The molecule has 0 fully saturated rings. The Labute approximate surface area is 187 Å². The SMILES string of the molecule is C=CCn1c(S[C@@H](C)C(=O)Nc2nc(C)cs2)nnc1-c1cc2cccc(OC)c2o1. The zero-order valence-corrected chi connectivity index (χ0v) is 18.9. The monoisotopic (exact) mass is 455 g/mol. The van der Waals surface area contributed by atoms with Gasteiger partial charge in [0.25, 0.3) is 0 Å². The van der Waals surface area contributed by atoms with Gasteiger partial charge in [-0.3, -0.25) is 9.36 Å². The van der Waals surface area contributed by atoms with E-state index in [1.807, 2.05) is 48.1 Å². The van der Waals surface area contributed by atoms with Crippen molar-refractivity contribution in [3.63, 3.8) is 0 Å². The lowest BCUT2D eigenvalue weighted by Gasteiger charge is -2.11. The van der Waals surface area contributed by atoms with Gasteiger partial charge < -0.3 is 14.5 Å². The van der Waals surface area contributed by atoms with Crippen molar-refractivity contribution >= 4 is 45.1 Å². The number of anilines is 1. The maximum atomic E-state index is 12.6. The van der Waals surface area contributed by atoms with Gasteiger partial charge in [0.05, 0.1) is 18.1 Å². The van der Waals surface area contributed by atoms with Crippen LogP contribution in [0.5, 0.6) is 5.75 Å². The van der Waals surface area contributed by atoms with Gasteiger partial charge in [0.2, 0.25) is 11.7 Å². The lowest BCUT2D eigenvalue weighted by Crippen LogP contribution is -2.22. The molecule has 0 spiro atoms. The third-order valence-corrected chi connectivity index (χ3v) is 6.43. The molecule has 1 aromatic carbocycles. The largest absolute Gasteiger partial charge is 0.493 e. The topological polar surface area (TPSA) is 95.1 Å². The Balaban J connectivity index is 1.60. The van der Waals surface area contributed by atoms with E-state index in [0.717, 1.165) is 11.1 Å². The van der Waals surface area contributed by atoms with Gasteiger partial charge in [-0.2, -0.15) is 0 Å². The molecule has 0 aliphatic carbocycles. The second-order valence-electron chi connectivity index (χ2n) is 6.74. The summed E-state index contributed by atoms with van der Waals surface area (Å²) in [6.45, 7) is 8.01. The number of rotatable bonds is 8. The number of hydrogen-bond acceptors (Lipinski definition) is 8. The Kier molecular flexibility index (Phi) is 6.10. The molecule has 3 aromatic heterocycles. The van der Waals surface area contributed by atoms with Crippen molar-refractivity contribution in [2.24, 2.45) is 0 Å². The van der Waals surface area contributed by atoms with E-state index in [2.05, 4.69) is 27.1 Å². The first-order valence-corrected chi connectivity index (χ1v) is 11.3. The number of aryl methyl sites for hydroxylation is 1. The van der Waals surface area contributed by atoms with Crippen LogP contribution in [0.3, 0.4) is 0 Å². The second kappa shape index (κ2) is 8.94.